The molecule has 0 aliphatic heterocycles. The summed E-state index contributed by atoms with van der Waals surface area (Å²) < 4.78 is 10.1. The molecule has 0 bridgehead atoms. The molecule has 0 spiro atoms. The van der Waals surface area contributed by atoms with Gasteiger partial charge >= 0.3 is 5.97 Å². The highest BCUT2D eigenvalue weighted by Crippen LogP contribution is 2.27. The van der Waals surface area contributed by atoms with Gasteiger partial charge in [0, 0.05) is 11.1 Å². The lowest BCUT2D eigenvalue weighted by Crippen LogP contribution is -2.29. The summed E-state index contributed by atoms with van der Waals surface area (Å²) in [5.74, 6) is -0.972. The van der Waals surface area contributed by atoms with Crippen molar-refractivity contribution in [3.8, 4) is 11.5 Å². The zero-order valence-electron chi connectivity index (χ0n) is 14.5. The number of aromatic hydroxyl groups is 1. The van der Waals surface area contributed by atoms with Crippen LogP contribution in [0.2, 0.25) is 10.0 Å². The number of benzene rings is 2. The molecule has 0 unspecified atom stereocenters. The number of rotatable bonds is 6. The van der Waals surface area contributed by atoms with Crippen LogP contribution in [0.3, 0.4) is 0 Å². The lowest BCUT2D eigenvalue weighted by atomic mass is 10.2. The predicted molar refractivity (Wildman–Crippen MR) is 104 cm³/mol. The van der Waals surface area contributed by atoms with E-state index in [1.54, 1.807) is 24.3 Å². The molecule has 0 aliphatic rings. The molecule has 0 saturated heterocycles. The number of phenols is 1. The summed E-state index contributed by atoms with van der Waals surface area (Å²) in [7, 11) is 1.42. The van der Waals surface area contributed by atoms with E-state index in [-0.39, 0.29) is 16.5 Å². The lowest BCUT2D eigenvalue weighted by molar-refractivity contribution is -0.148. The van der Waals surface area contributed by atoms with Crippen LogP contribution >= 0.6 is 23.2 Å². The van der Waals surface area contributed by atoms with Gasteiger partial charge in [0.1, 0.15) is 0 Å². The number of ether oxygens (including phenoxy) is 2. The van der Waals surface area contributed by atoms with E-state index in [1.165, 1.54) is 38.3 Å². The van der Waals surface area contributed by atoms with Gasteiger partial charge in [0.2, 0.25) is 0 Å². The summed E-state index contributed by atoms with van der Waals surface area (Å²) >= 11 is 11.8. The molecule has 0 aliphatic carbocycles. The van der Waals surface area contributed by atoms with E-state index in [4.69, 9.17) is 32.7 Å². The van der Waals surface area contributed by atoms with Crippen LogP contribution in [0.15, 0.2) is 42.5 Å². The average molecular weight is 410 g/mol. The second-order valence-corrected chi connectivity index (χ2v) is 6.30. The first-order valence-electron chi connectivity index (χ1n) is 7.81. The summed E-state index contributed by atoms with van der Waals surface area (Å²) in [6, 6.07) is 9.21. The van der Waals surface area contributed by atoms with Crippen LogP contribution < -0.4 is 10.1 Å². The number of phenolic OH excluding ortho intramolecular Hbond substituents is 1. The van der Waals surface area contributed by atoms with Crippen molar-refractivity contribution in [2.75, 3.05) is 12.4 Å². The van der Waals surface area contributed by atoms with Crippen LogP contribution in [-0.4, -0.2) is 30.2 Å². The Kier molecular flexibility index (Phi) is 7.10. The largest absolute Gasteiger partial charge is 0.504 e. The molecule has 1 atom stereocenters. The van der Waals surface area contributed by atoms with E-state index in [0.717, 1.165) is 0 Å². The monoisotopic (exact) mass is 409 g/mol. The Morgan fingerprint density at radius 3 is 2.59 bits per heavy atom. The van der Waals surface area contributed by atoms with Crippen molar-refractivity contribution < 1.29 is 24.2 Å². The molecule has 2 rings (SSSR count). The SMILES string of the molecule is COc1cc(/C=C/C(=O)O[C@H](C)C(=O)Nc2ccc(Cl)cc2Cl)ccc1O. The van der Waals surface area contributed by atoms with Crippen LogP contribution in [-0.2, 0) is 14.3 Å². The number of hydrogen-bond donors (Lipinski definition) is 2. The molecule has 27 heavy (non-hydrogen) atoms. The molecule has 2 aromatic carbocycles. The highest BCUT2D eigenvalue weighted by atomic mass is 35.5. The Morgan fingerprint density at radius 2 is 1.93 bits per heavy atom. The van der Waals surface area contributed by atoms with Crippen LogP contribution in [0.25, 0.3) is 6.08 Å². The van der Waals surface area contributed by atoms with Crippen molar-refractivity contribution in [2.45, 2.75) is 13.0 Å². The van der Waals surface area contributed by atoms with Gasteiger partial charge in [-0.25, -0.2) is 4.79 Å². The van der Waals surface area contributed by atoms with E-state index in [0.29, 0.717) is 16.3 Å². The number of carbonyl (C=O) groups is 2. The van der Waals surface area contributed by atoms with Crippen molar-refractivity contribution >= 4 is 46.8 Å². The molecule has 0 saturated carbocycles. The molecule has 0 aromatic heterocycles. The minimum atomic E-state index is -1.04. The van der Waals surface area contributed by atoms with Crippen LogP contribution in [0.4, 0.5) is 5.69 Å². The number of methoxy groups -OCH3 is 1. The van der Waals surface area contributed by atoms with Gasteiger partial charge in [-0.2, -0.15) is 0 Å². The third-order valence-corrected chi connectivity index (χ3v) is 4.01. The Bertz CT molecular complexity index is 882. The maximum absolute atomic E-state index is 12.1. The summed E-state index contributed by atoms with van der Waals surface area (Å²) in [4.78, 5) is 24.0. The van der Waals surface area contributed by atoms with E-state index in [9.17, 15) is 14.7 Å². The average Bonchev–Trinajstić information content (AvgIpc) is 2.63. The van der Waals surface area contributed by atoms with Crippen LogP contribution in [0.1, 0.15) is 12.5 Å². The van der Waals surface area contributed by atoms with E-state index >= 15 is 0 Å². The third-order valence-electron chi connectivity index (χ3n) is 3.47. The van der Waals surface area contributed by atoms with Gasteiger partial charge in [0.05, 0.1) is 17.8 Å². The fraction of sp³-hybridized carbons (Fsp3) is 0.158. The zero-order valence-corrected chi connectivity index (χ0v) is 16.0. The molecule has 1 amide bonds. The Labute approximate surface area is 166 Å². The van der Waals surface area contributed by atoms with Gasteiger partial charge in [-0.3, -0.25) is 4.79 Å². The zero-order chi connectivity index (χ0) is 20.0. The molecule has 142 valence electrons. The standard InChI is InChI=1S/C19H17Cl2NO5/c1-11(19(25)22-15-6-5-13(20)10-14(15)21)27-18(24)8-4-12-3-7-16(23)17(9-12)26-2/h3-11,23H,1-2H3,(H,22,25)/b8-4+/t11-/m1/s1. The van der Waals surface area contributed by atoms with Crippen molar-refractivity contribution in [1.29, 1.82) is 0 Å². The highest BCUT2D eigenvalue weighted by Gasteiger charge is 2.17. The molecule has 6 nitrogen and oxygen atoms in total. The molecule has 0 fully saturated rings. The van der Waals surface area contributed by atoms with Crippen molar-refractivity contribution in [1.82, 2.24) is 0 Å². The topological polar surface area (TPSA) is 84.9 Å². The Morgan fingerprint density at radius 1 is 1.19 bits per heavy atom. The van der Waals surface area contributed by atoms with Gasteiger partial charge in [-0.1, -0.05) is 29.3 Å². The number of amides is 1. The van der Waals surface area contributed by atoms with E-state index in [1.807, 2.05) is 0 Å². The molecular formula is C19H17Cl2NO5. The number of halogens is 2. The molecule has 0 heterocycles. The molecular weight excluding hydrogens is 393 g/mol. The minimum Gasteiger partial charge on any atom is -0.504 e. The molecule has 0 radical (unpaired) electrons. The quantitative estimate of drug-likeness (QED) is 0.548. The first-order chi connectivity index (χ1) is 12.8. The molecule has 8 heteroatoms. The maximum atomic E-state index is 12.1. The van der Waals surface area contributed by atoms with E-state index < -0.39 is 18.0 Å². The predicted octanol–water partition coefficient (Wildman–Crippen LogP) is 4.29. The van der Waals surface area contributed by atoms with Gasteiger partial charge in [-0.05, 0) is 48.9 Å². The van der Waals surface area contributed by atoms with Gasteiger partial charge in [0.25, 0.3) is 5.91 Å². The first-order valence-corrected chi connectivity index (χ1v) is 8.57. The molecule has 2 N–H and O–H groups in total. The first kappa shape index (κ1) is 20.6. The van der Waals surface area contributed by atoms with Crippen LogP contribution in [0, 0.1) is 0 Å². The summed E-state index contributed by atoms with van der Waals surface area (Å²) in [6.45, 7) is 1.44. The normalized spacial score (nSPS) is 11.9. The van der Waals surface area contributed by atoms with E-state index in [2.05, 4.69) is 5.32 Å². The fourth-order valence-corrected chi connectivity index (χ4v) is 2.51. The van der Waals surface area contributed by atoms with Crippen LogP contribution in [0.5, 0.6) is 11.5 Å². The number of carbonyl (C=O) groups excluding carboxylic acids is 2. The van der Waals surface area contributed by atoms with Crippen molar-refractivity contribution in [3.63, 3.8) is 0 Å². The molecule has 2 aromatic rings. The number of anilines is 1. The van der Waals surface area contributed by atoms with Gasteiger partial charge in [-0.15, -0.1) is 0 Å². The van der Waals surface area contributed by atoms with Crippen molar-refractivity contribution in [2.24, 2.45) is 0 Å². The second-order valence-electron chi connectivity index (χ2n) is 5.46. The maximum Gasteiger partial charge on any atom is 0.331 e. The Hall–Kier alpha value is -2.70. The Balaban J connectivity index is 1.95. The van der Waals surface area contributed by atoms with Gasteiger partial charge in [0.15, 0.2) is 17.6 Å². The number of esters is 1. The third kappa shape index (κ3) is 5.91. The summed E-state index contributed by atoms with van der Waals surface area (Å²) in [5.41, 5.74) is 0.979. The summed E-state index contributed by atoms with van der Waals surface area (Å²) in [5, 5.41) is 12.8. The van der Waals surface area contributed by atoms with Gasteiger partial charge < -0.3 is 19.9 Å². The fourth-order valence-electron chi connectivity index (χ4n) is 2.05. The minimum absolute atomic E-state index is 0.0108. The number of hydrogen-bond acceptors (Lipinski definition) is 5. The smallest absolute Gasteiger partial charge is 0.331 e. The highest BCUT2D eigenvalue weighted by molar-refractivity contribution is 6.36. The lowest BCUT2D eigenvalue weighted by Gasteiger charge is -2.13. The summed E-state index contributed by atoms with van der Waals surface area (Å²) in [6.07, 6.45) is 1.61. The number of nitrogens with one attached hydrogen (secondary N) is 1. The van der Waals surface area contributed by atoms with Crippen molar-refractivity contribution in [3.05, 3.63) is 58.1 Å². The second kappa shape index (κ2) is 9.30.